The van der Waals surface area contributed by atoms with E-state index in [0.29, 0.717) is 0 Å². The van der Waals surface area contributed by atoms with Crippen LogP contribution in [0.1, 0.15) is 77.0 Å². The zero-order valence-electron chi connectivity index (χ0n) is 16.0. The van der Waals surface area contributed by atoms with Gasteiger partial charge in [-0.3, -0.25) is 0 Å². The summed E-state index contributed by atoms with van der Waals surface area (Å²) in [6.45, 7) is 0. The first-order chi connectivity index (χ1) is 13.2. The highest BCUT2D eigenvalue weighted by atomic mass is 16.6. The molecular formula is C19H32O9. The molecule has 6 N–H and O–H groups in total. The fraction of sp³-hybridized carbons (Fsp3) is 0.632. The molecule has 0 aromatic heterocycles. The number of allylic oxidation sites excluding steroid dienone is 4. The van der Waals surface area contributed by atoms with Gasteiger partial charge in [0.05, 0.1) is 0 Å². The highest BCUT2D eigenvalue weighted by molar-refractivity contribution is 5.53. The molecule has 162 valence electrons. The van der Waals surface area contributed by atoms with Crippen LogP contribution in [0.5, 0.6) is 0 Å². The summed E-state index contributed by atoms with van der Waals surface area (Å²) in [6.07, 6.45) is 16.4. The summed E-state index contributed by atoms with van der Waals surface area (Å²) in [5, 5.41) is 41.8. The molecule has 9 nitrogen and oxygen atoms in total. The van der Waals surface area contributed by atoms with Gasteiger partial charge in [0.15, 0.2) is 0 Å². The molecule has 0 spiro atoms. The molecular weight excluding hydrogens is 372 g/mol. The summed E-state index contributed by atoms with van der Waals surface area (Å²) in [5.74, 6) is 0. The van der Waals surface area contributed by atoms with Crippen molar-refractivity contribution in [1.82, 2.24) is 0 Å². The Morgan fingerprint density at radius 2 is 0.750 bits per heavy atom. The monoisotopic (exact) mass is 404 g/mol. The Balaban J connectivity index is 0. The number of hydrogen-bond donors (Lipinski definition) is 6. The molecule has 2 aliphatic carbocycles. The second kappa shape index (κ2) is 19.1. The minimum absolute atomic E-state index is 1.33. The zero-order valence-corrected chi connectivity index (χ0v) is 16.0. The molecule has 0 saturated heterocycles. The van der Waals surface area contributed by atoms with Crippen molar-refractivity contribution in [2.24, 2.45) is 0 Å². The van der Waals surface area contributed by atoms with Crippen molar-refractivity contribution in [2.45, 2.75) is 77.0 Å². The van der Waals surface area contributed by atoms with Crippen LogP contribution in [-0.4, -0.2) is 49.1 Å². The van der Waals surface area contributed by atoms with Crippen molar-refractivity contribution >= 4 is 18.5 Å². The van der Waals surface area contributed by atoms with Crippen LogP contribution in [-0.2, 0) is 0 Å². The van der Waals surface area contributed by atoms with E-state index in [9.17, 15) is 0 Å². The topological polar surface area (TPSA) is 173 Å². The molecule has 0 aliphatic heterocycles. The second-order valence-corrected chi connectivity index (χ2v) is 6.21. The molecule has 0 bridgehead atoms. The van der Waals surface area contributed by atoms with Gasteiger partial charge in [0.1, 0.15) is 0 Å². The van der Waals surface area contributed by atoms with Gasteiger partial charge in [-0.25, -0.2) is 14.4 Å². The number of carbonyl (C=O) groups is 3. The molecule has 2 rings (SSSR count). The minimum atomic E-state index is -1.83. The van der Waals surface area contributed by atoms with Crippen LogP contribution in [0, 0.1) is 0 Å². The zero-order chi connectivity index (χ0) is 21.8. The lowest BCUT2D eigenvalue weighted by Gasteiger charge is -2.17. The summed E-state index contributed by atoms with van der Waals surface area (Å²) in [5.41, 5.74) is 3.42. The van der Waals surface area contributed by atoms with E-state index in [1.807, 2.05) is 0 Å². The first-order valence-electron chi connectivity index (χ1n) is 9.30. The Hall–Kier alpha value is -2.71. The van der Waals surface area contributed by atoms with E-state index >= 15 is 0 Å². The molecule has 0 amide bonds. The summed E-state index contributed by atoms with van der Waals surface area (Å²) >= 11 is 0. The van der Waals surface area contributed by atoms with Gasteiger partial charge in [-0.1, -0.05) is 37.8 Å². The van der Waals surface area contributed by atoms with Crippen LogP contribution in [0.3, 0.4) is 0 Å². The van der Waals surface area contributed by atoms with E-state index in [4.69, 9.17) is 45.0 Å². The highest BCUT2D eigenvalue weighted by Crippen LogP contribution is 2.28. The van der Waals surface area contributed by atoms with Crippen molar-refractivity contribution in [3.63, 3.8) is 0 Å². The fourth-order valence-corrected chi connectivity index (χ4v) is 2.97. The Morgan fingerprint density at radius 1 is 0.500 bits per heavy atom. The van der Waals surface area contributed by atoms with Gasteiger partial charge in [0.25, 0.3) is 0 Å². The van der Waals surface area contributed by atoms with E-state index in [1.54, 1.807) is 11.1 Å². The molecule has 0 saturated carbocycles. The van der Waals surface area contributed by atoms with Crippen molar-refractivity contribution < 1.29 is 45.0 Å². The number of hydrogen-bond acceptors (Lipinski definition) is 3. The van der Waals surface area contributed by atoms with E-state index in [0.717, 1.165) is 0 Å². The van der Waals surface area contributed by atoms with Crippen LogP contribution in [0.2, 0.25) is 0 Å². The van der Waals surface area contributed by atoms with E-state index in [-0.39, 0.29) is 0 Å². The van der Waals surface area contributed by atoms with Crippen LogP contribution >= 0.6 is 0 Å². The maximum absolute atomic E-state index is 8.56. The first kappa shape index (κ1) is 27.5. The molecule has 9 heteroatoms. The standard InChI is InChI=1S/C16H26.3CH2O3/c1-3-7-11-15(12-8-4-1)16-13-9-5-2-6-10-14-16;3*2-1(3)4/h11,13H,1-10,12,14H2;3*(H2,2,3,4). The van der Waals surface area contributed by atoms with Gasteiger partial charge in [-0.05, 0) is 62.5 Å². The van der Waals surface area contributed by atoms with Crippen LogP contribution in [0.25, 0.3) is 0 Å². The van der Waals surface area contributed by atoms with Gasteiger partial charge in [0.2, 0.25) is 0 Å². The van der Waals surface area contributed by atoms with Gasteiger partial charge in [-0.15, -0.1) is 0 Å². The maximum atomic E-state index is 8.56. The molecule has 0 fully saturated rings. The lowest BCUT2D eigenvalue weighted by Crippen LogP contribution is -1.97. The van der Waals surface area contributed by atoms with Crippen molar-refractivity contribution in [2.75, 3.05) is 0 Å². The van der Waals surface area contributed by atoms with Crippen molar-refractivity contribution in [1.29, 1.82) is 0 Å². The predicted molar refractivity (Wildman–Crippen MR) is 104 cm³/mol. The van der Waals surface area contributed by atoms with Crippen molar-refractivity contribution in [3.8, 4) is 0 Å². The first-order valence-corrected chi connectivity index (χ1v) is 9.30. The lowest BCUT2D eigenvalue weighted by atomic mass is 9.89. The molecule has 28 heavy (non-hydrogen) atoms. The van der Waals surface area contributed by atoms with Gasteiger partial charge in [0, 0.05) is 0 Å². The van der Waals surface area contributed by atoms with E-state index < -0.39 is 18.5 Å². The Kier molecular flexibility index (Phi) is 18.7. The predicted octanol–water partition coefficient (Wildman–Crippen LogP) is 6.21. The summed E-state index contributed by atoms with van der Waals surface area (Å²) in [4.78, 5) is 25.7. The SMILES string of the molecule is C1=C(C2=CCCCCCC2)CCCCCC1.O=C(O)O.O=C(O)O.O=C(O)O. The normalized spacial score (nSPS) is 16.6. The largest absolute Gasteiger partial charge is 0.503 e. The number of carboxylic acid groups (broad SMARTS) is 6. The third-order valence-corrected chi connectivity index (χ3v) is 3.99. The maximum Gasteiger partial charge on any atom is 0.503 e. The third kappa shape index (κ3) is 25.5. The van der Waals surface area contributed by atoms with Crippen LogP contribution in [0.15, 0.2) is 23.3 Å². The Bertz CT molecular complexity index is 441. The molecule has 2 aliphatic rings. The third-order valence-electron chi connectivity index (χ3n) is 3.99. The van der Waals surface area contributed by atoms with Crippen molar-refractivity contribution in [3.05, 3.63) is 23.3 Å². The quantitative estimate of drug-likeness (QED) is 0.297. The van der Waals surface area contributed by atoms with Gasteiger partial charge in [-0.2, -0.15) is 0 Å². The molecule has 0 aromatic rings. The molecule has 0 unspecified atom stereocenters. The van der Waals surface area contributed by atoms with E-state index in [1.165, 1.54) is 77.0 Å². The van der Waals surface area contributed by atoms with E-state index in [2.05, 4.69) is 12.2 Å². The Labute approximate surface area is 164 Å². The minimum Gasteiger partial charge on any atom is -0.450 e. The number of rotatable bonds is 1. The summed E-state index contributed by atoms with van der Waals surface area (Å²) in [6, 6.07) is 0. The summed E-state index contributed by atoms with van der Waals surface area (Å²) < 4.78 is 0. The Morgan fingerprint density at radius 3 is 1.04 bits per heavy atom. The lowest BCUT2D eigenvalue weighted by molar-refractivity contribution is 0.135. The fourth-order valence-electron chi connectivity index (χ4n) is 2.97. The summed E-state index contributed by atoms with van der Waals surface area (Å²) in [7, 11) is 0. The molecule has 0 radical (unpaired) electrons. The van der Waals surface area contributed by atoms with Crippen LogP contribution < -0.4 is 0 Å². The van der Waals surface area contributed by atoms with Crippen LogP contribution in [0.4, 0.5) is 14.4 Å². The molecule has 0 atom stereocenters. The van der Waals surface area contributed by atoms with Gasteiger partial charge >= 0.3 is 18.5 Å². The average Bonchev–Trinajstić information content (AvgIpc) is 2.46. The molecule has 0 aromatic carbocycles. The van der Waals surface area contributed by atoms with Gasteiger partial charge < -0.3 is 30.6 Å². The highest BCUT2D eigenvalue weighted by Gasteiger charge is 2.08. The second-order valence-electron chi connectivity index (χ2n) is 6.21. The molecule has 0 heterocycles. The average molecular weight is 404 g/mol. The smallest absolute Gasteiger partial charge is 0.450 e.